The second-order valence-electron chi connectivity index (χ2n) is 4.38. The van der Waals surface area contributed by atoms with E-state index >= 15 is 0 Å². The fourth-order valence-corrected chi connectivity index (χ4v) is 3.12. The summed E-state index contributed by atoms with van der Waals surface area (Å²) in [5.74, 6) is -0.859. The maximum atomic E-state index is 13.5. The van der Waals surface area contributed by atoms with E-state index in [2.05, 4.69) is 4.72 Å². The Morgan fingerprint density at radius 2 is 1.95 bits per heavy atom. The van der Waals surface area contributed by atoms with E-state index in [4.69, 9.17) is 5.26 Å². The van der Waals surface area contributed by atoms with Gasteiger partial charge in [-0.3, -0.25) is 4.72 Å². The summed E-state index contributed by atoms with van der Waals surface area (Å²) in [6.45, 7) is 1.95. The average molecular weight is 304 g/mol. The highest BCUT2D eigenvalue weighted by Gasteiger charge is 2.21. The lowest BCUT2D eigenvalue weighted by Gasteiger charge is -2.10. The third-order valence-corrected chi connectivity index (χ3v) is 4.39. The summed E-state index contributed by atoms with van der Waals surface area (Å²) in [6.07, 6.45) is 0.763. The number of sulfonamides is 1. The molecule has 21 heavy (non-hydrogen) atoms. The Hall–Kier alpha value is -2.39. The number of benzene rings is 2. The molecule has 0 fully saturated rings. The molecule has 0 amide bonds. The van der Waals surface area contributed by atoms with Crippen molar-refractivity contribution < 1.29 is 12.8 Å². The Balaban J connectivity index is 2.44. The first-order valence-electron chi connectivity index (χ1n) is 6.28. The van der Waals surface area contributed by atoms with E-state index < -0.39 is 21.4 Å². The number of aryl methyl sites for hydroxylation is 1. The van der Waals surface area contributed by atoms with Gasteiger partial charge in [-0.15, -0.1) is 0 Å². The van der Waals surface area contributed by atoms with E-state index in [0.717, 1.165) is 18.1 Å². The van der Waals surface area contributed by atoms with Crippen LogP contribution in [0.3, 0.4) is 0 Å². The molecule has 0 heterocycles. The predicted molar refractivity (Wildman–Crippen MR) is 77.7 cm³/mol. The molecule has 4 nitrogen and oxygen atoms in total. The molecular weight excluding hydrogens is 291 g/mol. The number of halogens is 1. The van der Waals surface area contributed by atoms with Gasteiger partial charge < -0.3 is 0 Å². The fraction of sp³-hybridized carbons (Fsp3) is 0.133. The Morgan fingerprint density at radius 3 is 2.62 bits per heavy atom. The first-order chi connectivity index (χ1) is 9.97. The van der Waals surface area contributed by atoms with Crippen LogP contribution >= 0.6 is 0 Å². The molecule has 0 aliphatic heterocycles. The van der Waals surface area contributed by atoms with Crippen molar-refractivity contribution in [3.8, 4) is 6.07 Å². The van der Waals surface area contributed by atoms with Gasteiger partial charge in [-0.1, -0.05) is 25.1 Å². The number of nitrogens with one attached hydrogen (secondary N) is 1. The molecule has 2 aromatic rings. The highest BCUT2D eigenvalue weighted by Crippen LogP contribution is 2.22. The van der Waals surface area contributed by atoms with E-state index in [9.17, 15) is 12.8 Å². The average Bonchev–Trinajstić information content (AvgIpc) is 2.46. The van der Waals surface area contributed by atoms with E-state index in [1.807, 2.05) is 13.0 Å². The topological polar surface area (TPSA) is 70.0 Å². The first kappa shape index (κ1) is 15.0. The van der Waals surface area contributed by atoms with Gasteiger partial charge in [0.2, 0.25) is 0 Å². The molecule has 108 valence electrons. The van der Waals surface area contributed by atoms with Gasteiger partial charge >= 0.3 is 0 Å². The van der Waals surface area contributed by atoms with Crippen LogP contribution in [0.1, 0.15) is 18.1 Å². The van der Waals surface area contributed by atoms with E-state index in [1.165, 1.54) is 12.1 Å². The zero-order chi connectivity index (χ0) is 15.5. The van der Waals surface area contributed by atoms with E-state index in [1.54, 1.807) is 24.3 Å². The molecule has 0 atom stereocenters. The summed E-state index contributed by atoms with van der Waals surface area (Å²) in [7, 11) is -4.02. The zero-order valence-corrected chi connectivity index (χ0v) is 12.1. The highest BCUT2D eigenvalue weighted by molar-refractivity contribution is 7.92. The third kappa shape index (κ3) is 3.20. The normalized spacial score (nSPS) is 10.9. The number of nitrogens with zero attached hydrogens (tertiary/aromatic N) is 1. The number of nitriles is 1. The van der Waals surface area contributed by atoms with Gasteiger partial charge in [0, 0.05) is 5.69 Å². The van der Waals surface area contributed by atoms with Crippen molar-refractivity contribution in [3.63, 3.8) is 0 Å². The summed E-state index contributed by atoms with van der Waals surface area (Å²) in [4.78, 5) is -0.369. The lowest BCUT2D eigenvalue weighted by atomic mass is 10.1. The standard InChI is InChI=1S/C15H13FN2O2S/c1-2-11-5-3-6-12(9-11)18-21(19,20)15-8-4-7-14(16)13(15)10-17/h3-9,18H,2H2,1H3. The summed E-state index contributed by atoms with van der Waals surface area (Å²) in [5, 5.41) is 8.93. The Morgan fingerprint density at radius 1 is 1.24 bits per heavy atom. The second kappa shape index (κ2) is 5.94. The van der Waals surface area contributed by atoms with Gasteiger partial charge in [0.25, 0.3) is 10.0 Å². The van der Waals surface area contributed by atoms with E-state index in [0.29, 0.717) is 5.69 Å². The first-order valence-corrected chi connectivity index (χ1v) is 7.76. The van der Waals surface area contributed by atoms with Crippen LogP contribution in [0.2, 0.25) is 0 Å². The van der Waals surface area contributed by atoms with E-state index in [-0.39, 0.29) is 4.90 Å². The van der Waals surface area contributed by atoms with Gasteiger partial charge in [-0.05, 0) is 36.2 Å². The minimum Gasteiger partial charge on any atom is -0.280 e. The summed E-state index contributed by atoms with van der Waals surface area (Å²) < 4.78 is 40.5. The van der Waals surface area contributed by atoms with Crippen molar-refractivity contribution in [2.24, 2.45) is 0 Å². The lowest BCUT2D eigenvalue weighted by molar-refractivity contribution is 0.593. The smallest absolute Gasteiger partial charge is 0.263 e. The van der Waals surface area contributed by atoms with Crippen molar-refractivity contribution in [2.45, 2.75) is 18.2 Å². The van der Waals surface area contributed by atoms with Gasteiger partial charge in [0.15, 0.2) is 0 Å². The quantitative estimate of drug-likeness (QED) is 0.943. The van der Waals surface area contributed by atoms with Crippen LogP contribution in [-0.4, -0.2) is 8.42 Å². The number of hydrogen-bond acceptors (Lipinski definition) is 3. The van der Waals surface area contributed by atoms with Crippen LogP contribution in [0, 0.1) is 17.1 Å². The predicted octanol–water partition coefficient (Wildman–Crippen LogP) is 3.06. The maximum Gasteiger partial charge on any atom is 0.263 e. The van der Waals surface area contributed by atoms with Gasteiger partial charge in [0.05, 0.1) is 0 Å². The van der Waals surface area contributed by atoms with Crippen LogP contribution in [0.25, 0.3) is 0 Å². The Kier molecular flexibility index (Phi) is 4.24. The lowest BCUT2D eigenvalue weighted by Crippen LogP contribution is -2.15. The fourth-order valence-electron chi connectivity index (χ4n) is 1.90. The molecule has 2 rings (SSSR count). The molecule has 0 bridgehead atoms. The van der Waals surface area contributed by atoms with Crippen LogP contribution < -0.4 is 4.72 Å². The van der Waals surface area contributed by atoms with Gasteiger partial charge in [0.1, 0.15) is 22.3 Å². The molecule has 0 saturated carbocycles. The van der Waals surface area contributed by atoms with Crippen molar-refractivity contribution in [1.29, 1.82) is 5.26 Å². The Labute approximate surface area is 122 Å². The number of hydrogen-bond donors (Lipinski definition) is 1. The summed E-state index contributed by atoms with van der Waals surface area (Å²) in [6, 6.07) is 12.0. The molecule has 0 aromatic heterocycles. The van der Waals surface area contributed by atoms with Gasteiger partial charge in [-0.2, -0.15) is 5.26 Å². The van der Waals surface area contributed by atoms with Crippen LogP contribution in [0.15, 0.2) is 47.4 Å². The molecule has 2 aromatic carbocycles. The molecule has 0 aliphatic carbocycles. The molecule has 0 radical (unpaired) electrons. The molecular formula is C15H13FN2O2S. The Bertz CT molecular complexity index is 811. The van der Waals surface area contributed by atoms with Crippen LogP contribution in [-0.2, 0) is 16.4 Å². The minimum absolute atomic E-state index is 0.369. The van der Waals surface area contributed by atoms with Crippen LogP contribution in [0.5, 0.6) is 0 Å². The molecule has 0 aliphatic rings. The number of anilines is 1. The second-order valence-corrected chi connectivity index (χ2v) is 6.04. The molecule has 0 saturated heterocycles. The third-order valence-electron chi connectivity index (χ3n) is 2.96. The van der Waals surface area contributed by atoms with Crippen molar-refractivity contribution >= 4 is 15.7 Å². The summed E-state index contributed by atoms with van der Waals surface area (Å²) in [5.41, 5.74) is 0.856. The molecule has 6 heteroatoms. The molecule has 1 N–H and O–H groups in total. The molecule has 0 unspecified atom stereocenters. The van der Waals surface area contributed by atoms with Gasteiger partial charge in [-0.25, -0.2) is 12.8 Å². The number of rotatable bonds is 4. The summed E-state index contributed by atoms with van der Waals surface area (Å²) >= 11 is 0. The van der Waals surface area contributed by atoms with Crippen molar-refractivity contribution in [1.82, 2.24) is 0 Å². The zero-order valence-electron chi connectivity index (χ0n) is 11.3. The van der Waals surface area contributed by atoms with Crippen molar-refractivity contribution in [3.05, 3.63) is 59.4 Å². The van der Waals surface area contributed by atoms with Crippen molar-refractivity contribution in [2.75, 3.05) is 4.72 Å². The SMILES string of the molecule is CCc1cccc(NS(=O)(=O)c2cccc(F)c2C#N)c1. The van der Waals surface area contributed by atoms with Crippen LogP contribution in [0.4, 0.5) is 10.1 Å². The monoisotopic (exact) mass is 304 g/mol. The highest BCUT2D eigenvalue weighted by atomic mass is 32.2. The minimum atomic E-state index is -4.02. The maximum absolute atomic E-state index is 13.5. The molecule has 0 spiro atoms. The largest absolute Gasteiger partial charge is 0.280 e.